The van der Waals surface area contributed by atoms with E-state index in [1.807, 2.05) is 29.2 Å². The number of halogens is 4. The number of pyridine rings is 1. The minimum Gasteiger partial charge on any atom is -0.456 e. The molecule has 204 valence electrons. The SMILES string of the molecule is OC1COC2C(Oc3nc4nc(-c5ccc(N6Cc7cnn(CC(F)(F)F)c7C6)cc5)c(Cl)cc4[nH]3)COC12. The average Bonchev–Trinajstić information content (AvgIpc) is 3.69. The third-order valence-corrected chi connectivity index (χ3v) is 7.51. The highest BCUT2D eigenvalue weighted by atomic mass is 35.5. The molecule has 7 rings (SSSR count). The van der Waals surface area contributed by atoms with Crippen LogP contribution in [0.2, 0.25) is 5.02 Å². The van der Waals surface area contributed by atoms with E-state index >= 15 is 0 Å². The second-order valence-electron chi connectivity index (χ2n) is 9.84. The molecule has 4 aromatic rings. The Hall–Kier alpha value is -3.39. The molecule has 0 spiro atoms. The summed E-state index contributed by atoms with van der Waals surface area (Å²) in [7, 11) is 0. The van der Waals surface area contributed by atoms with E-state index in [9.17, 15) is 18.3 Å². The largest absolute Gasteiger partial charge is 0.456 e. The van der Waals surface area contributed by atoms with Crippen LogP contribution in [0.3, 0.4) is 0 Å². The molecule has 6 heterocycles. The zero-order valence-electron chi connectivity index (χ0n) is 20.2. The van der Waals surface area contributed by atoms with Crippen molar-refractivity contribution in [3.05, 3.63) is 52.8 Å². The molecule has 2 fully saturated rings. The van der Waals surface area contributed by atoms with E-state index in [1.54, 1.807) is 6.07 Å². The Morgan fingerprint density at radius 1 is 1.10 bits per heavy atom. The van der Waals surface area contributed by atoms with Crippen molar-refractivity contribution in [2.45, 2.75) is 50.2 Å². The van der Waals surface area contributed by atoms with Crippen LogP contribution in [0.25, 0.3) is 22.4 Å². The number of benzene rings is 1. The first-order valence-electron chi connectivity index (χ1n) is 12.3. The average molecular weight is 563 g/mol. The predicted octanol–water partition coefficient (Wildman–Crippen LogP) is 3.46. The van der Waals surface area contributed by atoms with Crippen LogP contribution >= 0.6 is 11.6 Å². The van der Waals surface area contributed by atoms with Crippen LogP contribution in [0, 0.1) is 0 Å². The van der Waals surface area contributed by atoms with Crippen LogP contribution in [-0.4, -0.2) is 73.6 Å². The summed E-state index contributed by atoms with van der Waals surface area (Å²) in [5.41, 5.74) is 4.52. The van der Waals surface area contributed by atoms with Crippen molar-refractivity contribution < 1.29 is 32.5 Å². The number of nitrogens with one attached hydrogen (secondary N) is 1. The summed E-state index contributed by atoms with van der Waals surface area (Å²) in [6.45, 7) is 0.191. The number of aromatic amines is 1. The van der Waals surface area contributed by atoms with Gasteiger partial charge in [0.05, 0.1) is 47.9 Å². The summed E-state index contributed by atoms with van der Waals surface area (Å²) >= 11 is 6.56. The molecule has 0 saturated carbocycles. The molecule has 2 N–H and O–H groups in total. The predicted molar refractivity (Wildman–Crippen MR) is 132 cm³/mol. The molecule has 14 heteroatoms. The minimum atomic E-state index is -4.33. The maximum absolute atomic E-state index is 12.9. The highest BCUT2D eigenvalue weighted by Gasteiger charge is 2.48. The Kier molecular flexibility index (Phi) is 5.74. The van der Waals surface area contributed by atoms with E-state index in [0.29, 0.717) is 40.7 Å². The van der Waals surface area contributed by atoms with Crippen molar-refractivity contribution in [3.8, 4) is 17.3 Å². The van der Waals surface area contributed by atoms with E-state index in [-0.39, 0.29) is 25.3 Å². The van der Waals surface area contributed by atoms with Gasteiger partial charge in [-0.1, -0.05) is 23.7 Å². The molecule has 0 aliphatic carbocycles. The summed E-state index contributed by atoms with van der Waals surface area (Å²) in [6, 6.07) is 9.47. The van der Waals surface area contributed by atoms with Crippen LogP contribution in [0.1, 0.15) is 11.3 Å². The highest BCUT2D eigenvalue weighted by Crippen LogP contribution is 2.34. The molecule has 0 radical (unpaired) electrons. The fourth-order valence-electron chi connectivity index (χ4n) is 5.37. The van der Waals surface area contributed by atoms with Crippen molar-refractivity contribution in [1.29, 1.82) is 0 Å². The number of aliphatic hydroxyl groups excluding tert-OH is 1. The maximum atomic E-state index is 12.9. The lowest BCUT2D eigenvalue weighted by atomic mass is 10.1. The lowest BCUT2D eigenvalue weighted by molar-refractivity contribution is -0.143. The van der Waals surface area contributed by atoms with Gasteiger partial charge in [-0.05, 0) is 18.2 Å². The maximum Gasteiger partial charge on any atom is 0.408 e. The number of aliphatic hydroxyl groups is 1. The second kappa shape index (κ2) is 9.08. The minimum absolute atomic E-state index is 0.204. The molecule has 1 aromatic carbocycles. The summed E-state index contributed by atoms with van der Waals surface area (Å²) < 4.78 is 56.8. The molecule has 3 aromatic heterocycles. The van der Waals surface area contributed by atoms with Gasteiger partial charge in [-0.3, -0.25) is 4.68 Å². The van der Waals surface area contributed by atoms with Crippen LogP contribution in [0.15, 0.2) is 36.5 Å². The quantitative estimate of drug-likeness (QED) is 0.381. The number of hydrogen-bond acceptors (Lipinski definition) is 8. The molecule has 0 bridgehead atoms. The first-order valence-corrected chi connectivity index (χ1v) is 12.7. The van der Waals surface area contributed by atoms with E-state index in [2.05, 4.69) is 20.1 Å². The van der Waals surface area contributed by atoms with Crippen LogP contribution in [0.4, 0.5) is 18.9 Å². The molecule has 4 unspecified atom stereocenters. The number of nitrogens with zero attached hydrogens (tertiary/aromatic N) is 5. The normalized spacial score (nSPS) is 24.5. The van der Waals surface area contributed by atoms with Gasteiger partial charge in [0, 0.05) is 23.4 Å². The topological polar surface area (TPSA) is 111 Å². The summed E-state index contributed by atoms with van der Waals surface area (Å²) in [4.78, 5) is 14.1. The van der Waals surface area contributed by atoms with Crippen molar-refractivity contribution in [1.82, 2.24) is 24.7 Å². The number of anilines is 1. The molecular formula is C25H22ClF3N6O4. The zero-order valence-corrected chi connectivity index (χ0v) is 21.0. The van der Waals surface area contributed by atoms with Crippen LogP contribution in [-0.2, 0) is 29.1 Å². The summed E-state index contributed by atoms with van der Waals surface area (Å²) in [6.07, 6.45) is -4.70. The third kappa shape index (κ3) is 4.48. The standard InChI is InChI=1S/C25H22ClF3N6O4/c26-15-5-16-23(33-24(31-16)39-19-10-38-21-18(36)9-37-22(19)21)32-20(15)12-1-3-14(4-2-12)34-7-13-6-30-35(17(13)8-34)11-25(27,28)29/h1-6,18-19,21-22,36H,7-11H2,(H,31,32,33). The number of H-pyrrole nitrogens is 1. The van der Waals surface area contributed by atoms with Crippen molar-refractivity contribution in [2.75, 3.05) is 18.1 Å². The van der Waals surface area contributed by atoms with E-state index in [1.165, 1.54) is 6.20 Å². The van der Waals surface area contributed by atoms with Gasteiger partial charge in [-0.2, -0.15) is 23.3 Å². The van der Waals surface area contributed by atoms with Crippen LogP contribution in [0.5, 0.6) is 6.01 Å². The Balaban J connectivity index is 1.08. The Labute approximate surface area is 224 Å². The monoisotopic (exact) mass is 562 g/mol. The number of fused-ring (bicyclic) bond motifs is 3. The van der Waals surface area contributed by atoms with Gasteiger partial charge in [0.2, 0.25) is 0 Å². The Morgan fingerprint density at radius 2 is 1.90 bits per heavy atom. The fraction of sp³-hybridized carbons (Fsp3) is 0.400. The molecule has 2 saturated heterocycles. The number of alkyl halides is 3. The van der Waals surface area contributed by atoms with Crippen molar-refractivity contribution in [2.24, 2.45) is 0 Å². The van der Waals surface area contributed by atoms with Gasteiger partial charge in [0.15, 0.2) is 11.8 Å². The first-order chi connectivity index (χ1) is 18.7. The smallest absolute Gasteiger partial charge is 0.408 e. The van der Waals surface area contributed by atoms with Gasteiger partial charge in [-0.15, -0.1) is 0 Å². The number of imidazole rings is 1. The first kappa shape index (κ1) is 24.6. The van der Waals surface area contributed by atoms with Gasteiger partial charge < -0.3 is 29.2 Å². The van der Waals surface area contributed by atoms with E-state index in [4.69, 9.17) is 25.8 Å². The lowest BCUT2D eigenvalue weighted by Crippen LogP contribution is -2.34. The molecule has 4 atom stereocenters. The number of rotatable bonds is 5. The van der Waals surface area contributed by atoms with Crippen LogP contribution < -0.4 is 9.64 Å². The molecule has 3 aliphatic rings. The molecular weight excluding hydrogens is 541 g/mol. The number of ether oxygens (including phenoxy) is 3. The van der Waals surface area contributed by atoms with Crippen molar-refractivity contribution >= 4 is 28.5 Å². The second-order valence-corrected chi connectivity index (χ2v) is 10.3. The third-order valence-electron chi connectivity index (χ3n) is 7.22. The highest BCUT2D eigenvalue weighted by molar-refractivity contribution is 6.33. The van der Waals surface area contributed by atoms with Crippen molar-refractivity contribution in [3.63, 3.8) is 0 Å². The molecule has 3 aliphatic heterocycles. The van der Waals surface area contributed by atoms with Gasteiger partial charge >= 0.3 is 6.18 Å². The molecule has 10 nitrogen and oxygen atoms in total. The summed E-state index contributed by atoms with van der Waals surface area (Å²) in [5.74, 6) is 0. The van der Waals surface area contributed by atoms with Gasteiger partial charge in [0.1, 0.15) is 24.9 Å². The Bertz CT molecular complexity index is 1540. The summed E-state index contributed by atoms with van der Waals surface area (Å²) in [5, 5.41) is 14.2. The molecule has 39 heavy (non-hydrogen) atoms. The number of aromatic nitrogens is 5. The molecule has 0 amide bonds. The zero-order chi connectivity index (χ0) is 26.9. The van der Waals surface area contributed by atoms with Gasteiger partial charge in [0.25, 0.3) is 6.01 Å². The fourth-order valence-corrected chi connectivity index (χ4v) is 5.63. The van der Waals surface area contributed by atoms with E-state index < -0.39 is 31.0 Å². The Morgan fingerprint density at radius 3 is 2.69 bits per heavy atom. The van der Waals surface area contributed by atoms with Gasteiger partial charge in [-0.25, -0.2) is 4.98 Å². The lowest BCUT2D eigenvalue weighted by Gasteiger charge is -2.19. The number of hydrogen-bond donors (Lipinski definition) is 2. The van der Waals surface area contributed by atoms with E-state index in [0.717, 1.165) is 21.5 Å².